The first-order valence-corrected chi connectivity index (χ1v) is 10.1. The van der Waals surface area contributed by atoms with Crippen molar-refractivity contribution >= 4 is 41.5 Å². The number of amides is 1. The van der Waals surface area contributed by atoms with Gasteiger partial charge in [-0.3, -0.25) is 4.79 Å². The van der Waals surface area contributed by atoms with Gasteiger partial charge in [-0.05, 0) is 56.5 Å². The van der Waals surface area contributed by atoms with Gasteiger partial charge in [0.05, 0.1) is 16.5 Å². The zero-order valence-electron chi connectivity index (χ0n) is 15.6. The van der Waals surface area contributed by atoms with E-state index in [0.717, 1.165) is 31.0 Å². The Morgan fingerprint density at radius 3 is 2.50 bits per heavy atom. The number of rotatable bonds is 4. The molecular formula is C20H29Cl3N2O. The van der Waals surface area contributed by atoms with E-state index in [1.165, 1.54) is 25.7 Å². The molecule has 6 heteroatoms. The Balaban J connectivity index is 0.00000243. The van der Waals surface area contributed by atoms with Crippen LogP contribution in [0.2, 0.25) is 10.0 Å². The lowest BCUT2D eigenvalue weighted by molar-refractivity contribution is -0.137. The highest BCUT2D eigenvalue weighted by molar-refractivity contribution is 6.42. The van der Waals surface area contributed by atoms with Crippen LogP contribution in [0.4, 0.5) is 0 Å². The van der Waals surface area contributed by atoms with Crippen molar-refractivity contribution in [2.75, 3.05) is 27.2 Å². The third-order valence-electron chi connectivity index (χ3n) is 5.75. The Labute approximate surface area is 173 Å². The molecular weight excluding hydrogens is 391 g/mol. The first kappa shape index (κ1) is 21.8. The van der Waals surface area contributed by atoms with Crippen LogP contribution in [-0.4, -0.2) is 48.9 Å². The lowest BCUT2D eigenvalue weighted by Crippen LogP contribution is -2.54. The van der Waals surface area contributed by atoms with Gasteiger partial charge in [0.1, 0.15) is 0 Å². The molecule has 1 heterocycles. The number of hydrogen-bond acceptors (Lipinski definition) is 2. The van der Waals surface area contributed by atoms with Gasteiger partial charge in [-0.25, -0.2) is 0 Å². The molecule has 3 atom stereocenters. The number of nitrogens with zero attached hydrogens (tertiary/aromatic N) is 2. The van der Waals surface area contributed by atoms with Crippen LogP contribution in [0.25, 0.3) is 0 Å². The molecule has 3 nitrogen and oxygen atoms in total. The van der Waals surface area contributed by atoms with E-state index in [0.29, 0.717) is 28.4 Å². The lowest BCUT2D eigenvalue weighted by Gasteiger charge is -2.47. The molecule has 0 spiro atoms. The molecule has 0 N–H and O–H groups in total. The van der Waals surface area contributed by atoms with E-state index in [9.17, 15) is 4.79 Å². The zero-order chi connectivity index (χ0) is 18.0. The summed E-state index contributed by atoms with van der Waals surface area (Å²) in [4.78, 5) is 17.4. The second kappa shape index (κ2) is 9.64. The zero-order valence-corrected chi connectivity index (χ0v) is 17.9. The van der Waals surface area contributed by atoms with Gasteiger partial charge >= 0.3 is 0 Å². The van der Waals surface area contributed by atoms with Gasteiger partial charge in [-0.15, -0.1) is 12.4 Å². The summed E-state index contributed by atoms with van der Waals surface area (Å²) in [7, 11) is 4.18. The highest BCUT2D eigenvalue weighted by atomic mass is 35.5. The van der Waals surface area contributed by atoms with Crippen molar-refractivity contribution < 1.29 is 4.79 Å². The Hall–Kier alpha value is -0.480. The number of likely N-dealkylation sites (tertiary alicyclic amines) is 1. The Kier molecular flexibility index (Phi) is 8.08. The van der Waals surface area contributed by atoms with Gasteiger partial charge in [0.15, 0.2) is 0 Å². The first-order chi connectivity index (χ1) is 11.9. The number of likely N-dealkylation sites (N-methyl/N-ethyl adjacent to an activating group) is 1. The third-order valence-corrected chi connectivity index (χ3v) is 6.49. The van der Waals surface area contributed by atoms with Gasteiger partial charge in [-0.1, -0.05) is 48.5 Å². The van der Waals surface area contributed by atoms with Crippen molar-refractivity contribution in [3.63, 3.8) is 0 Å². The predicted octanol–water partition coefficient (Wildman–Crippen LogP) is 4.93. The first-order valence-electron chi connectivity index (χ1n) is 9.32. The third kappa shape index (κ3) is 5.28. The maximum Gasteiger partial charge on any atom is 0.227 e. The highest BCUT2D eigenvalue weighted by Gasteiger charge is 2.38. The van der Waals surface area contributed by atoms with Crippen LogP contribution in [0.15, 0.2) is 18.2 Å². The van der Waals surface area contributed by atoms with Crippen LogP contribution < -0.4 is 0 Å². The van der Waals surface area contributed by atoms with Crippen molar-refractivity contribution in [3.05, 3.63) is 33.8 Å². The highest BCUT2D eigenvalue weighted by Crippen LogP contribution is 2.39. The number of benzene rings is 1. The monoisotopic (exact) mass is 418 g/mol. The van der Waals surface area contributed by atoms with Crippen molar-refractivity contribution in [3.8, 4) is 0 Å². The minimum absolute atomic E-state index is 0. The van der Waals surface area contributed by atoms with E-state index in [-0.39, 0.29) is 18.3 Å². The molecule has 146 valence electrons. The minimum Gasteiger partial charge on any atom is -0.338 e. The standard InChI is InChI=1S/C20H28Cl2N2O.ClH/c1-23(2)13-17-11-15-5-3-4-6-16(15)12-24(17)20(25)10-14-7-8-18(21)19(22)9-14;/h7-9,15-17H,3-6,10-13H2,1-2H3;1H. The number of piperidine rings is 1. The molecule has 1 aromatic rings. The van der Waals surface area contributed by atoms with E-state index in [2.05, 4.69) is 23.9 Å². The minimum atomic E-state index is 0. The van der Waals surface area contributed by atoms with E-state index < -0.39 is 0 Å². The summed E-state index contributed by atoms with van der Waals surface area (Å²) in [6, 6.07) is 5.82. The molecule has 1 aliphatic carbocycles. The summed E-state index contributed by atoms with van der Waals surface area (Å²) in [5, 5.41) is 1.05. The lowest BCUT2D eigenvalue weighted by atomic mass is 9.72. The topological polar surface area (TPSA) is 23.6 Å². The van der Waals surface area contributed by atoms with Crippen LogP contribution in [0, 0.1) is 11.8 Å². The molecule has 3 rings (SSSR count). The molecule has 1 aromatic carbocycles. The smallest absolute Gasteiger partial charge is 0.227 e. The molecule has 2 fully saturated rings. The van der Waals surface area contributed by atoms with Crippen LogP contribution >= 0.6 is 35.6 Å². The van der Waals surface area contributed by atoms with Crippen LogP contribution in [0.5, 0.6) is 0 Å². The summed E-state index contributed by atoms with van der Waals surface area (Å²) in [6.07, 6.45) is 6.83. The van der Waals surface area contributed by atoms with Gasteiger partial charge in [0.2, 0.25) is 5.91 Å². The van der Waals surface area contributed by atoms with E-state index in [1.807, 2.05) is 12.1 Å². The average Bonchev–Trinajstić information content (AvgIpc) is 2.57. The van der Waals surface area contributed by atoms with Crippen LogP contribution in [0.1, 0.15) is 37.7 Å². The second-order valence-electron chi connectivity index (χ2n) is 7.93. The fourth-order valence-electron chi connectivity index (χ4n) is 4.54. The van der Waals surface area contributed by atoms with Crippen LogP contribution in [-0.2, 0) is 11.2 Å². The van der Waals surface area contributed by atoms with Gasteiger partial charge in [0.25, 0.3) is 0 Å². The van der Waals surface area contributed by atoms with E-state index >= 15 is 0 Å². The van der Waals surface area contributed by atoms with Crippen molar-refractivity contribution in [2.24, 2.45) is 11.8 Å². The Morgan fingerprint density at radius 2 is 1.85 bits per heavy atom. The number of fused-ring (bicyclic) bond motifs is 1. The molecule has 26 heavy (non-hydrogen) atoms. The van der Waals surface area contributed by atoms with Crippen LogP contribution in [0.3, 0.4) is 0 Å². The largest absolute Gasteiger partial charge is 0.338 e. The molecule has 2 aliphatic rings. The predicted molar refractivity (Wildman–Crippen MR) is 112 cm³/mol. The molecule has 1 saturated carbocycles. The number of halogens is 3. The summed E-state index contributed by atoms with van der Waals surface area (Å²) < 4.78 is 0. The van der Waals surface area contributed by atoms with E-state index in [1.54, 1.807) is 6.07 Å². The molecule has 0 radical (unpaired) electrons. The molecule has 0 aromatic heterocycles. The number of carbonyl (C=O) groups excluding carboxylic acids is 1. The van der Waals surface area contributed by atoms with Gasteiger partial charge in [-0.2, -0.15) is 0 Å². The second-order valence-corrected chi connectivity index (χ2v) is 8.74. The SMILES string of the molecule is CN(C)CC1CC2CCCCC2CN1C(=O)Cc1ccc(Cl)c(Cl)c1.Cl. The maximum absolute atomic E-state index is 13.1. The molecule has 1 aliphatic heterocycles. The number of hydrogen-bond donors (Lipinski definition) is 0. The quantitative estimate of drug-likeness (QED) is 0.691. The van der Waals surface area contributed by atoms with Gasteiger partial charge in [0, 0.05) is 19.1 Å². The maximum atomic E-state index is 13.1. The summed E-state index contributed by atoms with van der Waals surface area (Å²) >= 11 is 12.1. The Bertz CT molecular complexity index is 623. The summed E-state index contributed by atoms with van der Waals surface area (Å²) in [5.74, 6) is 1.70. The van der Waals surface area contributed by atoms with Gasteiger partial charge < -0.3 is 9.80 Å². The summed E-state index contributed by atoms with van der Waals surface area (Å²) in [5.41, 5.74) is 0.939. The molecule has 0 bridgehead atoms. The fraction of sp³-hybridized carbons (Fsp3) is 0.650. The molecule has 1 amide bonds. The average molecular weight is 420 g/mol. The van der Waals surface area contributed by atoms with Crippen molar-refractivity contribution in [1.29, 1.82) is 0 Å². The van der Waals surface area contributed by atoms with Crippen molar-refractivity contribution in [2.45, 2.75) is 44.6 Å². The van der Waals surface area contributed by atoms with E-state index in [4.69, 9.17) is 23.2 Å². The normalized spacial score (nSPS) is 25.6. The molecule has 1 saturated heterocycles. The fourth-order valence-corrected chi connectivity index (χ4v) is 4.86. The molecule has 3 unspecified atom stereocenters. The number of carbonyl (C=O) groups is 1. The van der Waals surface area contributed by atoms with Crippen molar-refractivity contribution in [1.82, 2.24) is 9.80 Å². The Morgan fingerprint density at radius 1 is 1.15 bits per heavy atom. The summed E-state index contributed by atoms with van der Waals surface area (Å²) in [6.45, 7) is 1.86.